The molecule has 0 aliphatic rings. The van der Waals surface area contributed by atoms with E-state index in [2.05, 4.69) is 15.6 Å². The first-order valence-electron chi connectivity index (χ1n) is 5.33. The van der Waals surface area contributed by atoms with Crippen LogP contribution < -0.4 is 16.4 Å². The van der Waals surface area contributed by atoms with Gasteiger partial charge in [0, 0.05) is 12.7 Å². The molecule has 6 nitrogen and oxygen atoms in total. The summed E-state index contributed by atoms with van der Waals surface area (Å²) in [6.07, 6.45) is 2.30. The minimum absolute atomic E-state index is 0.114. The van der Waals surface area contributed by atoms with Crippen LogP contribution >= 0.6 is 0 Å². The SMILES string of the molecule is CCCNC(=O)CNc1ncc(C#N)cc1N. The molecule has 0 saturated heterocycles. The summed E-state index contributed by atoms with van der Waals surface area (Å²) in [6.45, 7) is 2.74. The van der Waals surface area contributed by atoms with Gasteiger partial charge in [0.05, 0.1) is 17.8 Å². The molecule has 0 spiro atoms. The molecule has 0 radical (unpaired) electrons. The topological polar surface area (TPSA) is 104 Å². The number of pyridine rings is 1. The summed E-state index contributed by atoms with van der Waals surface area (Å²) in [4.78, 5) is 15.3. The third kappa shape index (κ3) is 3.99. The minimum atomic E-state index is -0.114. The monoisotopic (exact) mass is 233 g/mol. The number of hydrogen-bond donors (Lipinski definition) is 3. The lowest BCUT2D eigenvalue weighted by atomic mass is 10.3. The summed E-state index contributed by atoms with van der Waals surface area (Å²) in [5.41, 5.74) is 6.42. The van der Waals surface area contributed by atoms with Crippen molar-refractivity contribution >= 4 is 17.4 Å². The lowest BCUT2D eigenvalue weighted by Crippen LogP contribution is -2.30. The zero-order valence-electron chi connectivity index (χ0n) is 9.66. The van der Waals surface area contributed by atoms with Gasteiger partial charge in [-0.05, 0) is 12.5 Å². The Hall–Kier alpha value is -2.29. The standard InChI is InChI=1S/C11H15N5O/c1-2-3-14-10(17)7-16-11-9(13)4-8(5-12)6-15-11/h4,6H,2-3,7,13H2,1H3,(H,14,17)(H,15,16). The summed E-state index contributed by atoms with van der Waals surface area (Å²) in [5, 5.41) is 14.2. The van der Waals surface area contributed by atoms with Crippen LogP contribution in [0.5, 0.6) is 0 Å². The molecule has 1 aromatic rings. The number of amides is 1. The molecule has 0 bridgehead atoms. The quantitative estimate of drug-likeness (QED) is 0.686. The van der Waals surface area contributed by atoms with Gasteiger partial charge in [-0.2, -0.15) is 5.26 Å². The third-order valence-electron chi connectivity index (χ3n) is 2.03. The average Bonchev–Trinajstić information content (AvgIpc) is 2.34. The number of nitrogen functional groups attached to an aromatic ring is 1. The lowest BCUT2D eigenvalue weighted by molar-refractivity contribution is -0.119. The summed E-state index contributed by atoms with van der Waals surface area (Å²) in [5.74, 6) is 0.299. The molecule has 0 aromatic carbocycles. The molecule has 0 atom stereocenters. The summed E-state index contributed by atoms with van der Waals surface area (Å²) in [6, 6.07) is 3.45. The second-order valence-corrected chi connectivity index (χ2v) is 3.48. The van der Waals surface area contributed by atoms with E-state index in [1.54, 1.807) is 0 Å². The highest BCUT2D eigenvalue weighted by atomic mass is 16.1. The second-order valence-electron chi connectivity index (χ2n) is 3.48. The maximum Gasteiger partial charge on any atom is 0.239 e. The van der Waals surface area contributed by atoms with Crippen LogP contribution in [0.3, 0.4) is 0 Å². The van der Waals surface area contributed by atoms with Crippen molar-refractivity contribution in [2.24, 2.45) is 0 Å². The van der Waals surface area contributed by atoms with E-state index in [0.29, 0.717) is 23.6 Å². The van der Waals surface area contributed by atoms with Gasteiger partial charge in [0.2, 0.25) is 5.91 Å². The molecular formula is C11H15N5O. The maximum absolute atomic E-state index is 11.3. The van der Waals surface area contributed by atoms with E-state index in [1.807, 2.05) is 13.0 Å². The van der Waals surface area contributed by atoms with E-state index in [0.717, 1.165) is 6.42 Å². The molecule has 0 saturated carbocycles. The summed E-state index contributed by atoms with van der Waals surface area (Å²) in [7, 11) is 0. The zero-order chi connectivity index (χ0) is 12.7. The third-order valence-corrected chi connectivity index (χ3v) is 2.03. The summed E-state index contributed by atoms with van der Waals surface area (Å²) < 4.78 is 0. The number of hydrogen-bond acceptors (Lipinski definition) is 5. The molecule has 0 unspecified atom stereocenters. The Morgan fingerprint density at radius 1 is 1.65 bits per heavy atom. The molecular weight excluding hydrogens is 218 g/mol. The van der Waals surface area contributed by atoms with Crippen molar-refractivity contribution < 1.29 is 4.79 Å². The van der Waals surface area contributed by atoms with Gasteiger partial charge in [0.15, 0.2) is 0 Å². The van der Waals surface area contributed by atoms with Crippen molar-refractivity contribution in [2.45, 2.75) is 13.3 Å². The van der Waals surface area contributed by atoms with Crippen molar-refractivity contribution in [3.63, 3.8) is 0 Å². The molecule has 1 heterocycles. The van der Waals surface area contributed by atoms with E-state index in [-0.39, 0.29) is 12.5 Å². The fourth-order valence-corrected chi connectivity index (χ4v) is 1.18. The Bertz CT molecular complexity index is 438. The Morgan fingerprint density at radius 3 is 3.00 bits per heavy atom. The van der Waals surface area contributed by atoms with Crippen LogP contribution in [0.2, 0.25) is 0 Å². The van der Waals surface area contributed by atoms with Crippen molar-refractivity contribution in [3.05, 3.63) is 17.8 Å². The molecule has 1 aromatic heterocycles. The van der Waals surface area contributed by atoms with E-state index < -0.39 is 0 Å². The number of carbonyl (C=O) groups is 1. The number of anilines is 2. The Labute approximate surface area is 99.8 Å². The van der Waals surface area contributed by atoms with Crippen LogP contribution in [0, 0.1) is 11.3 Å². The van der Waals surface area contributed by atoms with Gasteiger partial charge >= 0.3 is 0 Å². The van der Waals surface area contributed by atoms with Crippen LogP contribution in [0.25, 0.3) is 0 Å². The van der Waals surface area contributed by atoms with Crippen LogP contribution in [0.15, 0.2) is 12.3 Å². The fraction of sp³-hybridized carbons (Fsp3) is 0.364. The number of aromatic nitrogens is 1. The molecule has 1 rings (SSSR count). The Morgan fingerprint density at radius 2 is 2.41 bits per heavy atom. The maximum atomic E-state index is 11.3. The molecule has 6 heteroatoms. The largest absolute Gasteiger partial charge is 0.396 e. The van der Waals surface area contributed by atoms with E-state index in [4.69, 9.17) is 11.0 Å². The first-order valence-corrected chi connectivity index (χ1v) is 5.33. The highest BCUT2D eigenvalue weighted by molar-refractivity contribution is 5.81. The molecule has 0 aliphatic heterocycles. The van der Waals surface area contributed by atoms with Crippen LogP contribution in [0.4, 0.5) is 11.5 Å². The van der Waals surface area contributed by atoms with Gasteiger partial charge in [0.25, 0.3) is 0 Å². The van der Waals surface area contributed by atoms with E-state index >= 15 is 0 Å². The number of carbonyl (C=O) groups excluding carboxylic acids is 1. The van der Waals surface area contributed by atoms with Crippen molar-refractivity contribution in [3.8, 4) is 6.07 Å². The predicted molar refractivity (Wildman–Crippen MR) is 65.2 cm³/mol. The van der Waals surface area contributed by atoms with Gasteiger partial charge in [-0.1, -0.05) is 6.92 Å². The highest BCUT2D eigenvalue weighted by Crippen LogP contribution is 2.15. The van der Waals surface area contributed by atoms with Gasteiger partial charge in [-0.3, -0.25) is 4.79 Å². The van der Waals surface area contributed by atoms with Crippen LogP contribution in [0.1, 0.15) is 18.9 Å². The Kier molecular flexibility index (Phi) is 4.76. The zero-order valence-corrected chi connectivity index (χ0v) is 9.66. The molecule has 0 aliphatic carbocycles. The number of nitriles is 1. The second kappa shape index (κ2) is 6.33. The highest BCUT2D eigenvalue weighted by Gasteiger charge is 2.04. The van der Waals surface area contributed by atoms with Gasteiger partial charge in [-0.25, -0.2) is 4.98 Å². The van der Waals surface area contributed by atoms with Crippen molar-refractivity contribution in [1.29, 1.82) is 5.26 Å². The number of nitrogens with two attached hydrogens (primary N) is 1. The van der Waals surface area contributed by atoms with E-state index in [1.165, 1.54) is 12.3 Å². The molecule has 90 valence electrons. The number of nitrogens with one attached hydrogen (secondary N) is 2. The fourth-order valence-electron chi connectivity index (χ4n) is 1.18. The van der Waals surface area contributed by atoms with Gasteiger partial charge in [-0.15, -0.1) is 0 Å². The Balaban J connectivity index is 2.52. The average molecular weight is 233 g/mol. The predicted octanol–water partition coefficient (Wildman–Crippen LogP) is 0.474. The van der Waals surface area contributed by atoms with Crippen molar-refractivity contribution in [2.75, 3.05) is 24.1 Å². The first-order chi connectivity index (χ1) is 8.17. The first kappa shape index (κ1) is 12.8. The van der Waals surface area contributed by atoms with Crippen molar-refractivity contribution in [1.82, 2.24) is 10.3 Å². The molecule has 17 heavy (non-hydrogen) atoms. The minimum Gasteiger partial charge on any atom is -0.396 e. The molecule has 0 fully saturated rings. The molecule has 4 N–H and O–H groups in total. The van der Waals surface area contributed by atoms with E-state index in [9.17, 15) is 4.79 Å². The summed E-state index contributed by atoms with van der Waals surface area (Å²) >= 11 is 0. The smallest absolute Gasteiger partial charge is 0.239 e. The number of rotatable bonds is 5. The molecule has 1 amide bonds. The van der Waals surface area contributed by atoms with Crippen LogP contribution in [-0.4, -0.2) is 24.0 Å². The van der Waals surface area contributed by atoms with Gasteiger partial charge in [0.1, 0.15) is 11.9 Å². The number of nitrogens with zero attached hydrogens (tertiary/aromatic N) is 2. The van der Waals surface area contributed by atoms with Gasteiger partial charge < -0.3 is 16.4 Å². The normalized spacial score (nSPS) is 9.41. The lowest BCUT2D eigenvalue weighted by Gasteiger charge is -2.08. The van der Waals surface area contributed by atoms with Crippen LogP contribution in [-0.2, 0) is 4.79 Å².